The van der Waals surface area contributed by atoms with E-state index in [-0.39, 0.29) is 24.9 Å². The summed E-state index contributed by atoms with van der Waals surface area (Å²) in [7, 11) is 1.17. The van der Waals surface area contributed by atoms with E-state index in [1.54, 1.807) is 0 Å². The van der Waals surface area contributed by atoms with Crippen molar-refractivity contribution in [2.75, 3.05) is 40.9 Å². The summed E-state index contributed by atoms with van der Waals surface area (Å²) in [5.74, 6) is -0.560. The Hall–Kier alpha value is -3.07. The van der Waals surface area contributed by atoms with Crippen molar-refractivity contribution < 1.29 is 37.3 Å². The molecule has 0 radical (unpaired) electrons. The van der Waals surface area contributed by atoms with Crippen molar-refractivity contribution in [3.8, 4) is 0 Å². The van der Waals surface area contributed by atoms with Crippen LogP contribution in [0.1, 0.15) is 290 Å². The molecule has 468 valence electrons. The fourth-order valence-corrected chi connectivity index (χ4v) is 10.1. The molecule has 0 saturated heterocycles. The highest BCUT2D eigenvalue weighted by Gasteiger charge is 2.27. The van der Waals surface area contributed by atoms with Gasteiger partial charge in [0.2, 0.25) is 5.91 Å². The van der Waals surface area contributed by atoms with Gasteiger partial charge in [0.15, 0.2) is 0 Å². The molecule has 0 fully saturated rings. The minimum atomic E-state index is -4.71. The van der Waals surface area contributed by atoms with E-state index >= 15 is 0 Å². The maximum atomic E-state index is 13.6. The number of unbranched alkanes of at least 4 members (excludes halogenated alkanes) is 30. The van der Waals surface area contributed by atoms with Gasteiger partial charge in [-0.2, -0.15) is 0 Å². The molecule has 0 bridgehead atoms. The Balaban J connectivity index is 5.15. The predicted octanol–water partition coefficient (Wildman–Crippen LogP) is 20.5. The second-order valence-electron chi connectivity index (χ2n) is 23.6. The minimum Gasteiger partial charge on any atom is -0.756 e. The number of nitrogens with zero attached hydrogens (tertiary/aromatic N) is 1. The lowest BCUT2D eigenvalue weighted by Crippen LogP contribution is -2.47. The number of ether oxygens (including phenoxy) is 1. The lowest BCUT2D eigenvalue weighted by Gasteiger charge is -2.30. The summed E-state index contributed by atoms with van der Waals surface area (Å²) < 4.78 is 30.4. The number of phosphoric ester groups is 1. The summed E-state index contributed by atoms with van der Waals surface area (Å²) in [6.45, 7) is 6.72. The SMILES string of the molecule is CC/C=C\C/C=C\C/C=C\C/C=C\C/C=C\C/C=C\CCCCCCCCC(=O)NC(COP(=O)([O-])OCC[N+](C)(C)C)C(/C=C\CCCCCCCCCCC)OC(=O)CCCCCCCCCCC/C=C/CCCCCCCC. The number of nitrogens with one attached hydrogen (secondary N) is 1. The summed E-state index contributed by atoms with van der Waals surface area (Å²) in [5.41, 5.74) is 0. The average molecular weight is 1150 g/mol. The molecule has 81 heavy (non-hydrogen) atoms. The topological polar surface area (TPSA) is 114 Å². The number of quaternary nitrogens is 1. The molecule has 3 atom stereocenters. The van der Waals surface area contributed by atoms with Crippen LogP contribution < -0.4 is 10.2 Å². The van der Waals surface area contributed by atoms with Gasteiger partial charge in [-0.05, 0) is 109 Å². The van der Waals surface area contributed by atoms with Crippen LogP contribution >= 0.6 is 7.82 Å². The van der Waals surface area contributed by atoms with Crippen LogP contribution in [-0.2, 0) is 27.9 Å². The van der Waals surface area contributed by atoms with E-state index in [1.807, 2.05) is 33.3 Å². The first-order valence-electron chi connectivity index (χ1n) is 33.5. The maximum Gasteiger partial charge on any atom is 0.306 e. The molecule has 0 saturated carbocycles. The molecule has 3 unspecified atom stereocenters. The van der Waals surface area contributed by atoms with Crippen molar-refractivity contribution in [1.29, 1.82) is 0 Å². The second-order valence-corrected chi connectivity index (χ2v) is 25.0. The van der Waals surface area contributed by atoms with Gasteiger partial charge in [-0.25, -0.2) is 0 Å². The molecule has 9 nitrogen and oxygen atoms in total. The lowest BCUT2D eigenvalue weighted by molar-refractivity contribution is -0.870. The number of carbonyl (C=O) groups excluding carboxylic acids is 2. The Bertz CT molecular complexity index is 1710. The van der Waals surface area contributed by atoms with E-state index in [1.165, 1.54) is 135 Å². The largest absolute Gasteiger partial charge is 0.756 e. The molecule has 10 heteroatoms. The summed E-state index contributed by atoms with van der Waals surface area (Å²) in [4.78, 5) is 40.1. The van der Waals surface area contributed by atoms with Gasteiger partial charge in [-0.1, -0.05) is 266 Å². The van der Waals surface area contributed by atoms with Crippen molar-refractivity contribution in [1.82, 2.24) is 5.32 Å². The van der Waals surface area contributed by atoms with Crippen LogP contribution in [0.4, 0.5) is 0 Å². The third kappa shape index (κ3) is 61.3. The normalized spacial score (nSPS) is 14.2. The average Bonchev–Trinajstić information content (AvgIpc) is 3.44. The highest BCUT2D eigenvalue weighted by Crippen LogP contribution is 2.38. The standard InChI is InChI=1S/C71H127N2O7P/c1-7-10-13-16-19-22-25-27-29-31-33-34-35-36-37-38-40-41-43-45-48-51-54-57-60-63-70(74)72-68(67-79-81(76,77)78-66-65-73(4,5)6)69(62-59-56-53-50-47-24-21-18-15-12-9-3)80-71(75)64-61-58-55-52-49-46-44-42-39-32-30-28-26-23-20-17-14-11-8-2/h10,13,19,22,27-30,33-34,36-37,40-41,59,62,68-69H,7-9,11-12,14-18,20-21,23-26,31-32,35,38-39,42-58,60-61,63-67H2,1-6H3,(H-,72,74,76,77)/b13-10-,22-19-,29-27-,30-28+,34-33-,37-36-,41-40-,62-59-. The van der Waals surface area contributed by atoms with E-state index < -0.39 is 26.6 Å². The minimum absolute atomic E-state index is 0.0296. The summed E-state index contributed by atoms with van der Waals surface area (Å²) in [6.07, 6.45) is 80.9. The van der Waals surface area contributed by atoms with Gasteiger partial charge < -0.3 is 28.5 Å². The van der Waals surface area contributed by atoms with Gasteiger partial charge in [0, 0.05) is 12.8 Å². The highest BCUT2D eigenvalue weighted by atomic mass is 31.2. The van der Waals surface area contributed by atoms with E-state index in [4.69, 9.17) is 13.8 Å². The first-order chi connectivity index (χ1) is 39.4. The molecule has 0 aliphatic carbocycles. The smallest absolute Gasteiger partial charge is 0.306 e. The van der Waals surface area contributed by atoms with E-state index in [2.05, 4.69) is 111 Å². The number of carbonyl (C=O) groups is 2. The van der Waals surface area contributed by atoms with Crippen LogP contribution in [0.15, 0.2) is 97.2 Å². The molecule has 0 aliphatic heterocycles. The zero-order chi connectivity index (χ0) is 59.3. The Morgan fingerprint density at radius 3 is 1.20 bits per heavy atom. The van der Waals surface area contributed by atoms with Crippen molar-refractivity contribution in [3.05, 3.63) is 97.2 Å². The monoisotopic (exact) mass is 1150 g/mol. The van der Waals surface area contributed by atoms with Crippen LogP contribution in [0.2, 0.25) is 0 Å². The van der Waals surface area contributed by atoms with Gasteiger partial charge in [-0.3, -0.25) is 14.2 Å². The zero-order valence-electron chi connectivity index (χ0n) is 53.5. The number of allylic oxidation sites excluding steroid dienone is 15. The Morgan fingerprint density at radius 1 is 0.444 bits per heavy atom. The molecule has 0 aromatic rings. The van der Waals surface area contributed by atoms with Crippen LogP contribution in [-0.4, -0.2) is 69.4 Å². The van der Waals surface area contributed by atoms with E-state index in [0.29, 0.717) is 17.4 Å². The predicted molar refractivity (Wildman–Crippen MR) is 348 cm³/mol. The van der Waals surface area contributed by atoms with Gasteiger partial charge in [0.05, 0.1) is 33.8 Å². The van der Waals surface area contributed by atoms with Crippen molar-refractivity contribution >= 4 is 19.7 Å². The number of rotatable bonds is 60. The van der Waals surface area contributed by atoms with Crippen molar-refractivity contribution in [3.63, 3.8) is 0 Å². The van der Waals surface area contributed by atoms with E-state index in [9.17, 15) is 19.0 Å². The second kappa shape index (κ2) is 60.1. The van der Waals surface area contributed by atoms with Crippen molar-refractivity contribution in [2.45, 2.75) is 303 Å². The Labute approximate surface area is 500 Å². The number of esters is 1. The lowest BCUT2D eigenvalue weighted by atomic mass is 10.0. The third-order valence-corrected chi connectivity index (χ3v) is 15.5. The summed E-state index contributed by atoms with van der Waals surface area (Å²) in [6, 6.07) is -0.903. The van der Waals surface area contributed by atoms with Gasteiger partial charge in [-0.15, -0.1) is 0 Å². The fraction of sp³-hybridized carbons (Fsp3) is 0.746. The molecule has 0 aromatic carbocycles. The Kier molecular flexibility index (Phi) is 57.8. The zero-order valence-corrected chi connectivity index (χ0v) is 54.4. The number of hydrogen-bond donors (Lipinski definition) is 1. The fourth-order valence-electron chi connectivity index (χ4n) is 9.34. The Morgan fingerprint density at radius 2 is 0.790 bits per heavy atom. The first-order valence-corrected chi connectivity index (χ1v) is 35.0. The summed E-state index contributed by atoms with van der Waals surface area (Å²) >= 11 is 0. The third-order valence-electron chi connectivity index (χ3n) is 14.5. The molecule has 0 rings (SSSR count). The number of hydrogen-bond acceptors (Lipinski definition) is 7. The van der Waals surface area contributed by atoms with Crippen LogP contribution in [0.3, 0.4) is 0 Å². The van der Waals surface area contributed by atoms with Crippen LogP contribution in [0, 0.1) is 0 Å². The van der Waals surface area contributed by atoms with E-state index in [0.717, 1.165) is 122 Å². The van der Waals surface area contributed by atoms with Crippen LogP contribution in [0.5, 0.6) is 0 Å². The van der Waals surface area contributed by atoms with Crippen LogP contribution in [0.25, 0.3) is 0 Å². The molecule has 0 heterocycles. The molecule has 1 N–H and O–H groups in total. The van der Waals surface area contributed by atoms with Gasteiger partial charge >= 0.3 is 5.97 Å². The molecule has 1 amide bonds. The van der Waals surface area contributed by atoms with Gasteiger partial charge in [0.1, 0.15) is 19.3 Å². The van der Waals surface area contributed by atoms with Crippen molar-refractivity contribution in [2.24, 2.45) is 0 Å². The quantitative estimate of drug-likeness (QED) is 0.0212. The first kappa shape index (κ1) is 77.9. The molecular formula is C71H127N2O7P. The molecule has 0 spiro atoms. The highest BCUT2D eigenvalue weighted by molar-refractivity contribution is 7.45. The van der Waals surface area contributed by atoms with Gasteiger partial charge in [0.25, 0.3) is 7.82 Å². The summed E-state index contributed by atoms with van der Waals surface area (Å²) in [5, 5.41) is 3.03. The molecule has 0 aliphatic rings. The molecule has 0 aromatic heterocycles. The number of phosphoric acid groups is 1. The molecular weight excluding hydrogens is 1020 g/mol. The number of likely N-dealkylation sites (N-methyl/N-ethyl adjacent to an activating group) is 1. The number of amides is 1. The maximum absolute atomic E-state index is 13.6.